The number of benzene rings is 2. The molecular formula is C21H23ClN6O5S. The summed E-state index contributed by atoms with van der Waals surface area (Å²) in [4.78, 5) is 19.5. The number of anilines is 5. The van der Waals surface area contributed by atoms with Crippen molar-refractivity contribution in [3.05, 3.63) is 53.2 Å². The second-order valence-corrected chi connectivity index (χ2v) is 9.31. The van der Waals surface area contributed by atoms with E-state index in [0.29, 0.717) is 22.9 Å². The van der Waals surface area contributed by atoms with Crippen LogP contribution in [0.5, 0.6) is 11.5 Å². The summed E-state index contributed by atoms with van der Waals surface area (Å²) in [5.41, 5.74) is 7.27. The Labute approximate surface area is 201 Å². The van der Waals surface area contributed by atoms with Gasteiger partial charge < -0.3 is 25.8 Å². The molecule has 0 aliphatic heterocycles. The van der Waals surface area contributed by atoms with Crippen LogP contribution in [0.2, 0.25) is 5.02 Å². The molecule has 11 nitrogen and oxygen atoms in total. The first kappa shape index (κ1) is 24.9. The van der Waals surface area contributed by atoms with Crippen molar-refractivity contribution in [1.29, 1.82) is 0 Å². The smallest absolute Gasteiger partial charge is 0.255 e. The Hall–Kier alpha value is -3.77. The molecule has 0 bridgehead atoms. The maximum Gasteiger partial charge on any atom is 0.255 e. The third-order valence-electron chi connectivity index (χ3n) is 4.34. The SMILES string of the molecule is COc1ccc(Nc2nc(Nc3ccc(OCC(N)=O)cc3C)ncc2Cl)c(NS(C)(=O)=O)c1. The molecule has 180 valence electrons. The predicted octanol–water partition coefficient (Wildman–Crippen LogP) is 3.17. The lowest BCUT2D eigenvalue weighted by molar-refractivity contribution is -0.119. The van der Waals surface area contributed by atoms with Crippen molar-refractivity contribution >= 4 is 56.4 Å². The number of primary amides is 1. The molecule has 1 amide bonds. The second-order valence-electron chi connectivity index (χ2n) is 7.16. The molecule has 0 unspecified atom stereocenters. The summed E-state index contributed by atoms with van der Waals surface area (Å²) >= 11 is 6.27. The minimum absolute atomic E-state index is 0.219. The number of methoxy groups -OCH3 is 1. The molecule has 5 N–H and O–H groups in total. The summed E-state index contributed by atoms with van der Waals surface area (Å²) in [7, 11) is -2.08. The lowest BCUT2D eigenvalue weighted by Crippen LogP contribution is -2.20. The second kappa shape index (κ2) is 10.4. The van der Waals surface area contributed by atoms with E-state index in [1.54, 1.807) is 30.3 Å². The molecule has 2 aromatic carbocycles. The molecule has 0 saturated carbocycles. The summed E-state index contributed by atoms with van der Waals surface area (Å²) < 4.78 is 36.5. The molecule has 0 radical (unpaired) electrons. The van der Waals surface area contributed by atoms with Crippen LogP contribution in [0.15, 0.2) is 42.6 Å². The number of nitrogens with one attached hydrogen (secondary N) is 3. The minimum Gasteiger partial charge on any atom is -0.497 e. The van der Waals surface area contributed by atoms with Crippen LogP contribution in [-0.4, -0.2) is 44.3 Å². The number of hydrogen-bond donors (Lipinski definition) is 4. The Morgan fingerprint density at radius 1 is 1.09 bits per heavy atom. The zero-order chi connectivity index (χ0) is 24.9. The molecule has 0 saturated heterocycles. The highest BCUT2D eigenvalue weighted by molar-refractivity contribution is 7.92. The molecular weight excluding hydrogens is 484 g/mol. The largest absolute Gasteiger partial charge is 0.497 e. The predicted molar refractivity (Wildman–Crippen MR) is 131 cm³/mol. The number of carbonyl (C=O) groups excluding carboxylic acids is 1. The standard InChI is InChI=1S/C21H23ClN6O5S/c1-12-8-14(33-11-19(23)29)5-6-16(12)26-21-24-10-15(22)20(27-21)25-17-7-4-13(32-2)9-18(17)28-34(3,30)31/h4-10,28H,11H2,1-3H3,(H2,23,29)(H2,24,25,26,27). The Morgan fingerprint density at radius 3 is 2.44 bits per heavy atom. The van der Waals surface area contributed by atoms with Gasteiger partial charge in [0.15, 0.2) is 12.4 Å². The van der Waals surface area contributed by atoms with Gasteiger partial charge in [-0.05, 0) is 42.8 Å². The van der Waals surface area contributed by atoms with Crippen LogP contribution < -0.4 is 30.6 Å². The fraction of sp³-hybridized carbons (Fsp3) is 0.190. The number of aromatic nitrogens is 2. The third kappa shape index (κ3) is 6.86. The molecule has 0 aliphatic carbocycles. The molecule has 0 atom stereocenters. The number of sulfonamides is 1. The van der Waals surface area contributed by atoms with Crippen molar-refractivity contribution in [2.24, 2.45) is 5.73 Å². The maximum atomic E-state index is 11.8. The first-order valence-electron chi connectivity index (χ1n) is 9.78. The molecule has 3 aromatic rings. The van der Waals surface area contributed by atoms with Crippen LogP contribution in [0.25, 0.3) is 0 Å². The van der Waals surface area contributed by atoms with Gasteiger partial charge in [0, 0.05) is 11.8 Å². The lowest BCUT2D eigenvalue weighted by atomic mass is 10.2. The number of ether oxygens (including phenoxy) is 2. The summed E-state index contributed by atoms with van der Waals surface area (Å²) in [6.07, 6.45) is 2.45. The van der Waals surface area contributed by atoms with Gasteiger partial charge in [-0.1, -0.05) is 11.6 Å². The number of carbonyl (C=O) groups is 1. The van der Waals surface area contributed by atoms with Crippen LogP contribution in [0.1, 0.15) is 5.56 Å². The van der Waals surface area contributed by atoms with Gasteiger partial charge in [0.2, 0.25) is 16.0 Å². The highest BCUT2D eigenvalue weighted by Crippen LogP contribution is 2.33. The van der Waals surface area contributed by atoms with Crippen molar-refractivity contribution in [2.45, 2.75) is 6.92 Å². The highest BCUT2D eigenvalue weighted by atomic mass is 35.5. The van der Waals surface area contributed by atoms with Gasteiger partial charge in [0.05, 0.1) is 30.9 Å². The Bertz CT molecular complexity index is 1320. The fourth-order valence-corrected chi connectivity index (χ4v) is 3.53. The van der Waals surface area contributed by atoms with Crippen molar-refractivity contribution in [1.82, 2.24) is 9.97 Å². The van der Waals surface area contributed by atoms with E-state index in [-0.39, 0.29) is 29.1 Å². The molecule has 0 fully saturated rings. The zero-order valence-electron chi connectivity index (χ0n) is 18.5. The van der Waals surface area contributed by atoms with Crippen LogP contribution in [0, 0.1) is 6.92 Å². The van der Waals surface area contributed by atoms with Gasteiger partial charge in [-0.15, -0.1) is 0 Å². The highest BCUT2D eigenvalue weighted by Gasteiger charge is 2.13. The number of hydrogen-bond acceptors (Lipinski definition) is 9. The van der Waals surface area contributed by atoms with E-state index < -0.39 is 15.9 Å². The normalized spacial score (nSPS) is 10.9. The van der Waals surface area contributed by atoms with Crippen LogP contribution in [-0.2, 0) is 14.8 Å². The average molecular weight is 507 g/mol. The van der Waals surface area contributed by atoms with Crippen LogP contribution in [0.3, 0.4) is 0 Å². The van der Waals surface area contributed by atoms with Gasteiger partial charge in [-0.3, -0.25) is 9.52 Å². The van der Waals surface area contributed by atoms with E-state index in [1.165, 1.54) is 19.4 Å². The Balaban J connectivity index is 1.84. The van der Waals surface area contributed by atoms with Gasteiger partial charge in [0.1, 0.15) is 16.5 Å². The molecule has 1 heterocycles. The molecule has 13 heteroatoms. The zero-order valence-corrected chi connectivity index (χ0v) is 20.1. The molecule has 0 aliphatic rings. The fourth-order valence-electron chi connectivity index (χ4n) is 2.83. The minimum atomic E-state index is -3.55. The number of rotatable bonds is 10. The van der Waals surface area contributed by atoms with E-state index in [0.717, 1.165) is 11.8 Å². The summed E-state index contributed by atoms with van der Waals surface area (Å²) in [6, 6.07) is 9.98. The molecule has 1 aromatic heterocycles. The molecule has 34 heavy (non-hydrogen) atoms. The van der Waals surface area contributed by atoms with Gasteiger partial charge >= 0.3 is 0 Å². The van der Waals surface area contributed by atoms with E-state index in [2.05, 4.69) is 25.3 Å². The Kier molecular flexibility index (Phi) is 7.64. The monoisotopic (exact) mass is 506 g/mol. The molecule has 0 spiro atoms. The van der Waals surface area contributed by atoms with Crippen molar-refractivity contribution < 1.29 is 22.7 Å². The van der Waals surface area contributed by atoms with Crippen LogP contribution in [0.4, 0.5) is 28.8 Å². The van der Waals surface area contributed by atoms with E-state index in [1.807, 2.05) is 6.92 Å². The first-order valence-corrected chi connectivity index (χ1v) is 12.0. The quantitative estimate of drug-likeness (QED) is 0.324. The van der Waals surface area contributed by atoms with E-state index in [9.17, 15) is 13.2 Å². The average Bonchev–Trinajstić information content (AvgIpc) is 2.76. The van der Waals surface area contributed by atoms with Crippen molar-refractivity contribution in [3.63, 3.8) is 0 Å². The lowest BCUT2D eigenvalue weighted by Gasteiger charge is -2.15. The number of nitrogens with two attached hydrogens (primary N) is 1. The van der Waals surface area contributed by atoms with Gasteiger partial charge in [0.25, 0.3) is 5.91 Å². The topological polar surface area (TPSA) is 158 Å². The van der Waals surface area contributed by atoms with Crippen molar-refractivity contribution in [2.75, 3.05) is 35.3 Å². The number of halogens is 1. The van der Waals surface area contributed by atoms with Crippen LogP contribution >= 0.6 is 11.6 Å². The van der Waals surface area contributed by atoms with E-state index >= 15 is 0 Å². The maximum absolute atomic E-state index is 11.8. The van der Waals surface area contributed by atoms with Crippen molar-refractivity contribution in [3.8, 4) is 11.5 Å². The van der Waals surface area contributed by atoms with E-state index in [4.69, 9.17) is 26.8 Å². The first-order chi connectivity index (χ1) is 16.0. The summed E-state index contributed by atoms with van der Waals surface area (Å²) in [5, 5.41) is 6.33. The molecule has 3 rings (SSSR count). The number of amides is 1. The van der Waals surface area contributed by atoms with Gasteiger partial charge in [-0.2, -0.15) is 4.98 Å². The number of nitrogens with zero attached hydrogens (tertiary/aromatic N) is 2. The summed E-state index contributed by atoms with van der Waals surface area (Å²) in [6.45, 7) is 1.62. The Morgan fingerprint density at radius 2 is 1.79 bits per heavy atom. The third-order valence-corrected chi connectivity index (χ3v) is 5.21. The van der Waals surface area contributed by atoms with Gasteiger partial charge in [-0.25, -0.2) is 13.4 Å². The summed E-state index contributed by atoms with van der Waals surface area (Å²) in [5.74, 6) is 0.881. The number of aryl methyl sites for hydroxylation is 1.